The van der Waals surface area contributed by atoms with E-state index >= 15 is 0 Å². The Hall–Kier alpha value is -1.26. The maximum absolute atomic E-state index is 13.5. The molecule has 0 unspecified atom stereocenters. The van der Waals surface area contributed by atoms with E-state index in [-0.39, 0.29) is 11.6 Å². The zero-order valence-electron chi connectivity index (χ0n) is 12.4. The highest BCUT2D eigenvalue weighted by Crippen LogP contribution is 2.12. The van der Waals surface area contributed by atoms with E-state index in [1.807, 2.05) is 0 Å². The lowest BCUT2D eigenvalue weighted by Crippen LogP contribution is -2.30. The predicted octanol–water partition coefficient (Wildman–Crippen LogP) is 2.34. The fourth-order valence-electron chi connectivity index (χ4n) is 2.49. The molecule has 1 saturated heterocycles. The molecular formula is C16H23FN2O. The number of hydrogen-bond donors (Lipinski definition) is 0. The highest BCUT2D eigenvalue weighted by molar-refractivity contribution is 5.96. The number of Topliss-reactive ketones (excluding diaryl/α,β-unsaturated/α-hetero) is 1. The minimum Gasteiger partial charge on any atom is -0.305 e. The number of nitrogens with zero attached hydrogens (tertiary/aromatic N) is 2. The summed E-state index contributed by atoms with van der Waals surface area (Å²) < 4.78 is 13.5. The van der Waals surface area contributed by atoms with Crippen molar-refractivity contribution in [2.75, 3.05) is 39.8 Å². The van der Waals surface area contributed by atoms with Crippen LogP contribution in [0.25, 0.3) is 0 Å². The number of halogens is 1. The van der Waals surface area contributed by atoms with Gasteiger partial charge in [0.1, 0.15) is 5.82 Å². The Morgan fingerprint density at radius 3 is 2.80 bits per heavy atom. The van der Waals surface area contributed by atoms with Crippen molar-refractivity contribution in [1.82, 2.24) is 9.80 Å². The average Bonchev–Trinajstić information content (AvgIpc) is 2.64. The van der Waals surface area contributed by atoms with E-state index in [1.165, 1.54) is 6.07 Å². The van der Waals surface area contributed by atoms with E-state index in [4.69, 9.17) is 0 Å². The largest absolute Gasteiger partial charge is 0.305 e. The van der Waals surface area contributed by atoms with Crippen LogP contribution in [0.4, 0.5) is 4.39 Å². The number of rotatable bonds is 4. The Kier molecular flexibility index (Phi) is 5.26. The van der Waals surface area contributed by atoms with Gasteiger partial charge in [0.2, 0.25) is 0 Å². The van der Waals surface area contributed by atoms with Gasteiger partial charge in [-0.15, -0.1) is 0 Å². The molecule has 4 heteroatoms. The van der Waals surface area contributed by atoms with E-state index in [2.05, 4.69) is 16.8 Å². The minimum absolute atomic E-state index is 0.0292. The quantitative estimate of drug-likeness (QED) is 0.790. The lowest BCUT2D eigenvalue weighted by Gasteiger charge is -2.19. The summed E-state index contributed by atoms with van der Waals surface area (Å²) in [7, 11) is 2.13. The number of likely N-dealkylation sites (N-methyl/N-ethyl adjacent to an activating group) is 1. The normalized spacial score (nSPS) is 17.9. The first-order valence-electron chi connectivity index (χ1n) is 7.26. The molecular weight excluding hydrogens is 255 g/mol. The summed E-state index contributed by atoms with van der Waals surface area (Å²) in [5.74, 6) is -0.270. The molecule has 20 heavy (non-hydrogen) atoms. The molecule has 1 aromatic carbocycles. The van der Waals surface area contributed by atoms with Gasteiger partial charge in [0.05, 0.1) is 0 Å². The van der Waals surface area contributed by atoms with Gasteiger partial charge in [-0.3, -0.25) is 4.79 Å². The fraction of sp³-hybridized carbons (Fsp3) is 0.562. The van der Waals surface area contributed by atoms with Crippen molar-refractivity contribution in [1.29, 1.82) is 0 Å². The van der Waals surface area contributed by atoms with Crippen LogP contribution in [0, 0.1) is 12.7 Å². The third-order valence-electron chi connectivity index (χ3n) is 3.96. The zero-order chi connectivity index (χ0) is 14.5. The molecule has 1 aromatic rings. The predicted molar refractivity (Wildman–Crippen MR) is 78.6 cm³/mol. The van der Waals surface area contributed by atoms with Crippen LogP contribution < -0.4 is 0 Å². The molecule has 0 radical (unpaired) electrons. The number of aryl methyl sites for hydroxylation is 1. The van der Waals surface area contributed by atoms with Crippen molar-refractivity contribution in [2.24, 2.45) is 0 Å². The van der Waals surface area contributed by atoms with Crippen LogP contribution in [0.1, 0.15) is 28.8 Å². The summed E-state index contributed by atoms with van der Waals surface area (Å²) in [5.41, 5.74) is 1.07. The van der Waals surface area contributed by atoms with Crippen molar-refractivity contribution in [3.05, 3.63) is 35.1 Å². The van der Waals surface area contributed by atoms with Crippen LogP contribution in [0.15, 0.2) is 18.2 Å². The van der Waals surface area contributed by atoms with E-state index in [0.717, 1.165) is 39.1 Å². The zero-order valence-corrected chi connectivity index (χ0v) is 12.4. The van der Waals surface area contributed by atoms with Gasteiger partial charge in [-0.1, -0.05) is 12.1 Å². The van der Waals surface area contributed by atoms with Gasteiger partial charge in [0, 0.05) is 31.6 Å². The standard InChI is InChI=1S/C16H23FN2O/c1-13-4-5-14(12-15(13)17)16(20)6-9-19-8-3-7-18(2)10-11-19/h4-5,12H,3,6-11H2,1-2H3. The number of carbonyl (C=O) groups excluding carboxylic acids is 1. The van der Waals surface area contributed by atoms with Crippen molar-refractivity contribution < 1.29 is 9.18 Å². The van der Waals surface area contributed by atoms with Gasteiger partial charge in [-0.2, -0.15) is 0 Å². The maximum atomic E-state index is 13.5. The second-order valence-electron chi connectivity index (χ2n) is 5.64. The fourth-order valence-corrected chi connectivity index (χ4v) is 2.49. The van der Waals surface area contributed by atoms with Gasteiger partial charge in [-0.25, -0.2) is 4.39 Å². The average molecular weight is 278 g/mol. The molecule has 0 amide bonds. The number of ketones is 1. The van der Waals surface area contributed by atoms with Crippen LogP contribution in [0.5, 0.6) is 0 Å². The second-order valence-corrected chi connectivity index (χ2v) is 5.64. The number of hydrogen-bond acceptors (Lipinski definition) is 3. The van der Waals surface area contributed by atoms with Crippen molar-refractivity contribution >= 4 is 5.78 Å². The molecule has 0 saturated carbocycles. The Bertz CT molecular complexity index is 476. The first-order chi connectivity index (χ1) is 9.56. The van der Waals surface area contributed by atoms with Crippen LogP contribution in [0.2, 0.25) is 0 Å². The van der Waals surface area contributed by atoms with Crippen LogP contribution >= 0.6 is 0 Å². The SMILES string of the molecule is Cc1ccc(C(=O)CCN2CCCN(C)CC2)cc1F. The van der Waals surface area contributed by atoms with Crippen molar-refractivity contribution in [3.8, 4) is 0 Å². The Labute approximate surface area is 120 Å². The third kappa shape index (κ3) is 4.12. The van der Waals surface area contributed by atoms with E-state index in [1.54, 1.807) is 19.1 Å². The minimum atomic E-state index is -0.299. The molecule has 0 aromatic heterocycles. The lowest BCUT2D eigenvalue weighted by molar-refractivity contribution is 0.0964. The molecule has 1 aliphatic rings. The molecule has 0 spiro atoms. The smallest absolute Gasteiger partial charge is 0.164 e. The highest BCUT2D eigenvalue weighted by atomic mass is 19.1. The summed E-state index contributed by atoms with van der Waals surface area (Å²) >= 11 is 0. The van der Waals surface area contributed by atoms with Crippen molar-refractivity contribution in [3.63, 3.8) is 0 Å². The highest BCUT2D eigenvalue weighted by Gasteiger charge is 2.14. The molecule has 0 bridgehead atoms. The van der Waals surface area contributed by atoms with Gasteiger partial charge in [0.25, 0.3) is 0 Å². The van der Waals surface area contributed by atoms with Gasteiger partial charge < -0.3 is 9.80 Å². The van der Waals surface area contributed by atoms with E-state index in [9.17, 15) is 9.18 Å². The molecule has 1 aliphatic heterocycles. The molecule has 110 valence electrons. The number of benzene rings is 1. The first-order valence-corrected chi connectivity index (χ1v) is 7.26. The Balaban J connectivity index is 1.86. The lowest BCUT2D eigenvalue weighted by atomic mass is 10.1. The maximum Gasteiger partial charge on any atom is 0.164 e. The Morgan fingerprint density at radius 2 is 2.05 bits per heavy atom. The molecule has 2 rings (SSSR count). The van der Waals surface area contributed by atoms with E-state index < -0.39 is 0 Å². The molecule has 0 atom stereocenters. The van der Waals surface area contributed by atoms with Gasteiger partial charge >= 0.3 is 0 Å². The summed E-state index contributed by atoms with van der Waals surface area (Å²) in [6.45, 7) is 6.69. The molecule has 0 aliphatic carbocycles. The number of carbonyl (C=O) groups is 1. The van der Waals surface area contributed by atoms with Gasteiger partial charge in [-0.05, 0) is 45.1 Å². The molecule has 0 N–H and O–H groups in total. The summed E-state index contributed by atoms with van der Waals surface area (Å²) in [4.78, 5) is 16.7. The second kappa shape index (κ2) is 6.95. The topological polar surface area (TPSA) is 23.6 Å². The molecule has 3 nitrogen and oxygen atoms in total. The first kappa shape index (κ1) is 15.1. The summed E-state index contributed by atoms with van der Waals surface area (Å²) in [5, 5.41) is 0. The van der Waals surface area contributed by atoms with Crippen LogP contribution in [0.3, 0.4) is 0 Å². The third-order valence-corrected chi connectivity index (χ3v) is 3.96. The van der Waals surface area contributed by atoms with E-state index in [0.29, 0.717) is 17.5 Å². The summed E-state index contributed by atoms with van der Waals surface area (Å²) in [6, 6.07) is 4.74. The van der Waals surface area contributed by atoms with Gasteiger partial charge in [0.15, 0.2) is 5.78 Å². The Morgan fingerprint density at radius 1 is 1.25 bits per heavy atom. The molecule has 1 fully saturated rings. The molecule has 1 heterocycles. The van der Waals surface area contributed by atoms with Crippen LogP contribution in [-0.2, 0) is 0 Å². The monoisotopic (exact) mass is 278 g/mol. The summed E-state index contributed by atoms with van der Waals surface area (Å²) in [6.07, 6.45) is 1.61. The van der Waals surface area contributed by atoms with Crippen molar-refractivity contribution in [2.45, 2.75) is 19.8 Å². The van der Waals surface area contributed by atoms with Crippen LogP contribution in [-0.4, -0.2) is 55.4 Å².